The van der Waals surface area contributed by atoms with Crippen LogP contribution in [0.4, 0.5) is 0 Å². The number of nitriles is 1. The number of nitrogens with zero attached hydrogens (tertiary/aromatic N) is 4. The lowest BCUT2D eigenvalue weighted by molar-refractivity contribution is 0.226. The lowest BCUT2D eigenvalue weighted by Gasteiger charge is -2.23. The Kier molecular flexibility index (Phi) is 3.77. The van der Waals surface area contributed by atoms with Crippen molar-refractivity contribution in [2.24, 2.45) is 5.92 Å². The molecule has 100 valence electrons. The molecular formula is C15H20N4. The molecular weight excluding hydrogens is 236 g/mol. The van der Waals surface area contributed by atoms with E-state index in [1.165, 1.54) is 12.0 Å². The van der Waals surface area contributed by atoms with Gasteiger partial charge < -0.3 is 0 Å². The zero-order chi connectivity index (χ0) is 13.1. The molecule has 3 rings (SSSR count). The number of pyridine rings is 1. The summed E-state index contributed by atoms with van der Waals surface area (Å²) in [5, 5.41) is 8.98. The second-order valence-corrected chi connectivity index (χ2v) is 5.65. The van der Waals surface area contributed by atoms with Gasteiger partial charge in [-0.05, 0) is 31.0 Å². The first-order valence-electron chi connectivity index (χ1n) is 7.10. The molecule has 0 radical (unpaired) electrons. The van der Waals surface area contributed by atoms with Crippen molar-refractivity contribution in [3.8, 4) is 6.07 Å². The molecule has 2 saturated heterocycles. The molecule has 0 spiro atoms. The summed E-state index contributed by atoms with van der Waals surface area (Å²) in [6, 6.07) is 7.19. The van der Waals surface area contributed by atoms with Crippen LogP contribution >= 0.6 is 0 Å². The fourth-order valence-corrected chi connectivity index (χ4v) is 3.23. The third kappa shape index (κ3) is 2.94. The average molecular weight is 256 g/mol. The molecule has 0 saturated carbocycles. The van der Waals surface area contributed by atoms with Gasteiger partial charge in [-0.1, -0.05) is 6.07 Å². The van der Waals surface area contributed by atoms with Gasteiger partial charge in [0, 0.05) is 44.6 Å². The largest absolute Gasteiger partial charge is 0.298 e. The van der Waals surface area contributed by atoms with Crippen molar-refractivity contribution in [3.63, 3.8) is 0 Å². The van der Waals surface area contributed by atoms with Crippen molar-refractivity contribution < 1.29 is 0 Å². The minimum Gasteiger partial charge on any atom is -0.298 e. The van der Waals surface area contributed by atoms with Crippen LogP contribution < -0.4 is 0 Å². The first kappa shape index (κ1) is 12.6. The van der Waals surface area contributed by atoms with Crippen LogP contribution in [0.25, 0.3) is 0 Å². The summed E-state index contributed by atoms with van der Waals surface area (Å²) in [7, 11) is 0. The molecule has 0 N–H and O–H groups in total. The third-order valence-corrected chi connectivity index (χ3v) is 4.30. The zero-order valence-corrected chi connectivity index (χ0v) is 11.2. The van der Waals surface area contributed by atoms with Crippen LogP contribution in [0.2, 0.25) is 0 Å². The summed E-state index contributed by atoms with van der Waals surface area (Å²) in [6.45, 7) is 5.37. The summed E-state index contributed by atoms with van der Waals surface area (Å²) < 4.78 is 0. The number of rotatable bonds is 3. The maximum atomic E-state index is 8.98. The highest BCUT2D eigenvalue weighted by atomic mass is 15.3. The van der Waals surface area contributed by atoms with Gasteiger partial charge in [0.15, 0.2) is 0 Å². The lowest BCUT2D eigenvalue weighted by Crippen LogP contribution is -2.35. The molecule has 1 aromatic rings. The molecule has 1 aromatic heterocycles. The van der Waals surface area contributed by atoms with Gasteiger partial charge >= 0.3 is 0 Å². The minimum atomic E-state index is 0.257. The summed E-state index contributed by atoms with van der Waals surface area (Å²) in [5.74, 6) is 0.257. The van der Waals surface area contributed by atoms with Gasteiger partial charge in [0.05, 0.1) is 12.0 Å². The van der Waals surface area contributed by atoms with Gasteiger partial charge in [0.1, 0.15) is 0 Å². The quantitative estimate of drug-likeness (QED) is 0.822. The van der Waals surface area contributed by atoms with Gasteiger partial charge in [-0.3, -0.25) is 14.8 Å². The monoisotopic (exact) mass is 256 g/mol. The Labute approximate surface area is 114 Å². The minimum absolute atomic E-state index is 0.257. The van der Waals surface area contributed by atoms with Crippen LogP contribution in [0.5, 0.6) is 0 Å². The van der Waals surface area contributed by atoms with Crippen molar-refractivity contribution in [2.75, 3.05) is 26.2 Å². The van der Waals surface area contributed by atoms with Gasteiger partial charge in [-0.15, -0.1) is 0 Å². The Morgan fingerprint density at radius 3 is 3.00 bits per heavy atom. The molecule has 0 aliphatic carbocycles. The van der Waals surface area contributed by atoms with Gasteiger partial charge in [-0.25, -0.2) is 0 Å². The second-order valence-electron chi connectivity index (χ2n) is 5.65. The molecule has 2 aliphatic rings. The molecule has 2 fully saturated rings. The summed E-state index contributed by atoms with van der Waals surface area (Å²) >= 11 is 0. The van der Waals surface area contributed by atoms with Gasteiger partial charge in [-0.2, -0.15) is 5.26 Å². The molecule has 3 heterocycles. The fraction of sp³-hybridized carbons (Fsp3) is 0.600. The van der Waals surface area contributed by atoms with E-state index in [0.29, 0.717) is 6.04 Å². The van der Waals surface area contributed by atoms with E-state index in [0.717, 1.165) is 39.1 Å². The van der Waals surface area contributed by atoms with Crippen LogP contribution in [0.1, 0.15) is 18.4 Å². The van der Waals surface area contributed by atoms with E-state index in [1.54, 1.807) is 0 Å². The Hall–Kier alpha value is -1.44. The van der Waals surface area contributed by atoms with Gasteiger partial charge in [0.2, 0.25) is 0 Å². The Morgan fingerprint density at radius 2 is 2.26 bits per heavy atom. The van der Waals surface area contributed by atoms with E-state index in [9.17, 15) is 0 Å². The van der Waals surface area contributed by atoms with Crippen LogP contribution in [-0.2, 0) is 6.54 Å². The first-order chi connectivity index (χ1) is 9.35. The molecule has 2 aliphatic heterocycles. The van der Waals surface area contributed by atoms with E-state index < -0.39 is 0 Å². The van der Waals surface area contributed by atoms with E-state index in [4.69, 9.17) is 5.26 Å². The molecule has 19 heavy (non-hydrogen) atoms. The van der Waals surface area contributed by atoms with Crippen molar-refractivity contribution in [3.05, 3.63) is 30.1 Å². The highest BCUT2D eigenvalue weighted by Gasteiger charge is 2.32. The fourth-order valence-electron chi connectivity index (χ4n) is 3.23. The molecule has 4 nitrogen and oxygen atoms in total. The molecule has 0 bridgehead atoms. The summed E-state index contributed by atoms with van der Waals surface area (Å²) in [4.78, 5) is 9.18. The maximum Gasteiger partial charge on any atom is 0.0669 e. The zero-order valence-electron chi connectivity index (χ0n) is 11.2. The number of likely N-dealkylation sites (tertiary alicyclic amines) is 2. The molecule has 0 amide bonds. The molecule has 0 aromatic carbocycles. The van der Waals surface area contributed by atoms with Crippen LogP contribution in [0.3, 0.4) is 0 Å². The highest BCUT2D eigenvalue weighted by molar-refractivity contribution is 5.08. The van der Waals surface area contributed by atoms with E-state index in [-0.39, 0.29) is 5.92 Å². The molecule has 2 atom stereocenters. The normalized spacial score (nSPS) is 28.6. The Balaban J connectivity index is 1.52. The van der Waals surface area contributed by atoms with Crippen LogP contribution in [0, 0.1) is 17.2 Å². The smallest absolute Gasteiger partial charge is 0.0669 e. The van der Waals surface area contributed by atoms with Crippen molar-refractivity contribution in [1.29, 1.82) is 5.26 Å². The second kappa shape index (κ2) is 5.68. The number of hydrogen-bond donors (Lipinski definition) is 0. The van der Waals surface area contributed by atoms with Crippen LogP contribution in [-0.4, -0.2) is 47.0 Å². The number of hydrogen-bond acceptors (Lipinski definition) is 4. The van der Waals surface area contributed by atoms with E-state index >= 15 is 0 Å². The lowest BCUT2D eigenvalue weighted by atomic mass is 10.1. The highest BCUT2D eigenvalue weighted by Crippen LogP contribution is 2.24. The predicted molar refractivity (Wildman–Crippen MR) is 73.2 cm³/mol. The Morgan fingerprint density at radius 1 is 1.32 bits per heavy atom. The predicted octanol–water partition coefficient (Wildman–Crippen LogP) is 1.50. The van der Waals surface area contributed by atoms with Crippen molar-refractivity contribution in [1.82, 2.24) is 14.8 Å². The first-order valence-corrected chi connectivity index (χ1v) is 7.10. The number of aromatic nitrogens is 1. The topological polar surface area (TPSA) is 43.2 Å². The third-order valence-electron chi connectivity index (χ3n) is 4.30. The van der Waals surface area contributed by atoms with Crippen molar-refractivity contribution >= 4 is 0 Å². The summed E-state index contributed by atoms with van der Waals surface area (Å²) in [5.41, 5.74) is 1.29. The Bertz CT molecular complexity index is 453. The summed E-state index contributed by atoms with van der Waals surface area (Å²) in [6.07, 6.45) is 6.06. The van der Waals surface area contributed by atoms with Crippen molar-refractivity contribution in [2.45, 2.75) is 25.4 Å². The standard InChI is InChI=1S/C15H20N4/c16-8-13-3-7-19(11-13)15-4-6-18(12-15)10-14-2-1-5-17-9-14/h1-2,5,9,13,15H,3-4,6-7,10-12H2. The maximum absolute atomic E-state index is 8.98. The van der Waals surface area contributed by atoms with E-state index in [1.807, 2.05) is 18.5 Å². The molecule has 2 unspecified atom stereocenters. The molecule has 4 heteroatoms. The van der Waals surface area contributed by atoms with Crippen LogP contribution in [0.15, 0.2) is 24.5 Å². The van der Waals surface area contributed by atoms with E-state index in [2.05, 4.69) is 26.9 Å². The van der Waals surface area contributed by atoms with Gasteiger partial charge in [0.25, 0.3) is 0 Å². The SMILES string of the molecule is N#CC1CCN(C2CCN(Cc3cccnc3)C2)C1. The average Bonchev–Trinajstić information content (AvgIpc) is 3.08.